The first-order chi connectivity index (χ1) is 12.4. The standard InChI is InChI=1S/C18H29NO7/c1-10(2)8-12(18(20)21)19-9-11-13(22-3)15(24-5)17(26-7)16(25-6)14(11)23-4/h10,12,19H,8-9H2,1-7H3,(H,20,21). The van der Waals surface area contributed by atoms with E-state index in [1.54, 1.807) is 0 Å². The highest BCUT2D eigenvalue weighted by Gasteiger charge is 2.29. The fourth-order valence-corrected chi connectivity index (χ4v) is 2.80. The first-order valence-electron chi connectivity index (χ1n) is 8.25. The third kappa shape index (κ3) is 4.63. The Kier molecular flexibility index (Phi) is 8.31. The molecule has 0 saturated carbocycles. The number of aliphatic carboxylic acids is 1. The van der Waals surface area contributed by atoms with Crippen LogP contribution in [0.4, 0.5) is 0 Å². The van der Waals surface area contributed by atoms with Crippen molar-refractivity contribution in [3.63, 3.8) is 0 Å². The van der Waals surface area contributed by atoms with Crippen LogP contribution >= 0.6 is 0 Å². The Balaban J connectivity index is 3.41. The number of benzene rings is 1. The molecule has 0 heterocycles. The molecule has 1 rings (SSSR count). The van der Waals surface area contributed by atoms with Crippen molar-refractivity contribution in [1.29, 1.82) is 0 Å². The lowest BCUT2D eigenvalue weighted by Gasteiger charge is -2.23. The lowest BCUT2D eigenvalue weighted by atomic mass is 10.0. The van der Waals surface area contributed by atoms with E-state index >= 15 is 0 Å². The largest absolute Gasteiger partial charge is 0.492 e. The number of nitrogens with one attached hydrogen (secondary N) is 1. The van der Waals surface area contributed by atoms with E-state index in [1.807, 2.05) is 13.8 Å². The zero-order valence-electron chi connectivity index (χ0n) is 16.5. The van der Waals surface area contributed by atoms with Crippen molar-refractivity contribution < 1.29 is 33.6 Å². The molecule has 0 spiro atoms. The van der Waals surface area contributed by atoms with Gasteiger partial charge in [-0.2, -0.15) is 0 Å². The van der Waals surface area contributed by atoms with Gasteiger partial charge in [-0.05, 0) is 12.3 Å². The molecule has 0 fully saturated rings. The average Bonchev–Trinajstić information content (AvgIpc) is 2.62. The summed E-state index contributed by atoms with van der Waals surface area (Å²) >= 11 is 0. The molecule has 2 N–H and O–H groups in total. The molecule has 1 atom stereocenters. The van der Waals surface area contributed by atoms with Crippen LogP contribution in [-0.4, -0.2) is 52.7 Å². The predicted molar refractivity (Wildman–Crippen MR) is 96.9 cm³/mol. The Labute approximate surface area is 154 Å². The molecule has 1 aromatic carbocycles. The maximum atomic E-state index is 11.5. The third-order valence-electron chi connectivity index (χ3n) is 3.92. The summed E-state index contributed by atoms with van der Waals surface area (Å²) in [5, 5.41) is 12.5. The molecule has 0 aromatic heterocycles. The molecule has 8 nitrogen and oxygen atoms in total. The molecule has 8 heteroatoms. The molecule has 0 amide bonds. The SMILES string of the molecule is COc1c(CNC(CC(C)C)C(=O)O)c(OC)c(OC)c(OC)c1OC. The van der Waals surface area contributed by atoms with Gasteiger partial charge in [0.15, 0.2) is 11.5 Å². The Morgan fingerprint density at radius 2 is 1.23 bits per heavy atom. The monoisotopic (exact) mass is 371 g/mol. The Bertz CT molecular complexity index is 583. The summed E-state index contributed by atoms with van der Waals surface area (Å²) in [6, 6.07) is -0.705. The van der Waals surface area contributed by atoms with Crippen molar-refractivity contribution in [2.24, 2.45) is 5.92 Å². The molecule has 0 bridgehead atoms. The van der Waals surface area contributed by atoms with Crippen molar-refractivity contribution in [3.8, 4) is 28.7 Å². The number of ether oxygens (including phenoxy) is 5. The smallest absolute Gasteiger partial charge is 0.320 e. The van der Waals surface area contributed by atoms with Gasteiger partial charge >= 0.3 is 5.97 Å². The molecule has 1 unspecified atom stereocenters. The van der Waals surface area contributed by atoms with Crippen LogP contribution in [0.15, 0.2) is 0 Å². The van der Waals surface area contributed by atoms with Crippen LogP contribution in [-0.2, 0) is 11.3 Å². The van der Waals surface area contributed by atoms with E-state index in [2.05, 4.69) is 5.32 Å². The van der Waals surface area contributed by atoms with Crippen LogP contribution in [0.25, 0.3) is 0 Å². The van der Waals surface area contributed by atoms with Gasteiger partial charge in [0.2, 0.25) is 17.2 Å². The molecule has 1 aromatic rings. The molecule has 0 aliphatic carbocycles. The fourth-order valence-electron chi connectivity index (χ4n) is 2.80. The summed E-state index contributed by atoms with van der Waals surface area (Å²) in [6.45, 7) is 4.13. The van der Waals surface area contributed by atoms with E-state index in [-0.39, 0.29) is 12.5 Å². The van der Waals surface area contributed by atoms with E-state index < -0.39 is 12.0 Å². The fraction of sp³-hybridized carbons (Fsp3) is 0.611. The summed E-state index contributed by atoms with van der Waals surface area (Å²) in [4.78, 5) is 11.5. The first-order valence-corrected chi connectivity index (χ1v) is 8.25. The van der Waals surface area contributed by atoms with E-state index in [0.717, 1.165) is 0 Å². The van der Waals surface area contributed by atoms with Crippen molar-refractivity contribution in [2.45, 2.75) is 32.9 Å². The highest BCUT2D eigenvalue weighted by Crippen LogP contribution is 2.53. The lowest BCUT2D eigenvalue weighted by molar-refractivity contribution is -0.140. The zero-order valence-corrected chi connectivity index (χ0v) is 16.5. The van der Waals surface area contributed by atoms with Crippen LogP contribution in [0.2, 0.25) is 0 Å². The number of carboxylic acids is 1. The van der Waals surface area contributed by atoms with Gasteiger partial charge in [-0.15, -0.1) is 0 Å². The quantitative estimate of drug-likeness (QED) is 0.612. The van der Waals surface area contributed by atoms with E-state index in [1.165, 1.54) is 35.5 Å². The minimum Gasteiger partial charge on any atom is -0.492 e. The maximum absolute atomic E-state index is 11.5. The normalized spacial score (nSPS) is 11.8. The Hall–Kier alpha value is -2.35. The van der Waals surface area contributed by atoms with Crippen molar-refractivity contribution in [2.75, 3.05) is 35.5 Å². The van der Waals surface area contributed by atoms with Crippen LogP contribution in [0.1, 0.15) is 25.8 Å². The second-order valence-electron chi connectivity index (χ2n) is 6.05. The van der Waals surface area contributed by atoms with Gasteiger partial charge in [0.05, 0.1) is 41.1 Å². The van der Waals surface area contributed by atoms with Gasteiger partial charge in [-0.25, -0.2) is 0 Å². The van der Waals surface area contributed by atoms with E-state index in [4.69, 9.17) is 23.7 Å². The maximum Gasteiger partial charge on any atom is 0.320 e. The second kappa shape index (κ2) is 9.96. The molecule has 26 heavy (non-hydrogen) atoms. The van der Waals surface area contributed by atoms with Crippen molar-refractivity contribution >= 4 is 5.97 Å². The lowest BCUT2D eigenvalue weighted by Crippen LogP contribution is -2.37. The van der Waals surface area contributed by atoms with Gasteiger partial charge in [0, 0.05) is 6.54 Å². The first kappa shape index (κ1) is 21.7. The summed E-state index contributed by atoms with van der Waals surface area (Å²) in [5.41, 5.74) is 0.583. The summed E-state index contributed by atoms with van der Waals surface area (Å²) in [7, 11) is 7.45. The second-order valence-corrected chi connectivity index (χ2v) is 6.05. The van der Waals surface area contributed by atoms with E-state index in [9.17, 15) is 9.90 Å². The van der Waals surface area contributed by atoms with E-state index in [0.29, 0.717) is 40.7 Å². The number of hydrogen-bond donors (Lipinski definition) is 2. The number of carboxylic acid groups (broad SMARTS) is 1. The molecule has 0 saturated heterocycles. The summed E-state index contributed by atoms with van der Waals surface area (Å²) in [6.07, 6.45) is 0.490. The summed E-state index contributed by atoms with van der Waals surface area (Å²) in [5.74, 6) is 1.13. The molecule has 0 radical (unpaired) electrons. The third-order valence-corrected chi connectivity index (χ3v) is 3.92. The summed E-state index contributed by atoms with van der Waals surface area (Å²) < 4.78 is 27.2. The topological polar surface area (TPSA) is 95.5 Å². The van der Waals surface area contributed by atoms with Crippen LogP contribution in [0.5, 0.6) is 28.7 Å². The minimum atomic E-state index is -0.913. The van der Waals surface area contributed by atoms with Crippen molar-refractivity contribution in [3.05, 3.63) is 5.56 Å². The number of carbonyl (C=O) groups is 1. The van der Waals surface area contributed by atoms with Gasteiger partial charge < -0.3 is 28.8 Å². The van der Waals surface area contributed by atoms with Gasteiger partial charge in [-0.3, -0.25) is 10.1 Å². The molecule has 0 aliphatic heterocycles. The van der Waals surface area contributed by atoms with Crippen LogP contribution in [0, 0.1) is 5.92 Å². The minimum absolute atomic E-state index is 0.187. The number of rotatable bonds is 11. The molecular formula is C18H29NO7. The zero-order chi connectivity index (χ0) is 19.9. The van der Waals surface area contributed by atoms with Crippen LogP contribution < -0.4 is 29.0 Å². The number of methoxy groups -OCH3 is 5. The Morgan fingerprint density at radius 3 is 1.54 bits per heavy atom. The van der Waals surface area contributed by atoms with Gasteiger partial charge in [0.1, 0.15) is 6.04 Å². The van der Waals surface area contributed by atoms with Gasteiger partial charge in [-0.1, -0.05) is 13.8 Å². The highest BCUT2D eigenvalue weighted by molar-refractivity contribution is 5.74. The molecule has 0 aliphatic rings. The van der Waals surface area contributed by atoms with Crippen LogP contribution in [0.3, 0.4) is 0 Å². The predicted octanol–water partition coefficient (Wildman–Crippen LogP) is 2.32. The number of hydrogen-bond acceptors (Lipinski definition) is 7. The molecular weight excluding hydrogens is 342 g/mol. The average molecular weight is 371 g/mol. The molecule has 148 valence electrons. The van der Waals surface area contributed by atoms with Crippen molar-refractivity contribution in [1.82, 2.24) is 5.32 Å². The highest BCUT2D eigenvalue weighted by atomic mass is 16.6. The van der Waals surface area contributed by atoms with Gasteiger partial charge in [0.25, 0.3) is 0 Å². The Morgan fingerprint density at radius 1 is 0.846 bits per heavy atom.